The van der Waals surface area contributed by atoms with E-state index in [0.29, 0.717) is 17.4 Å². The van der Waals surface area contributed by atoms with Gasteiger partial charge < -0.3 is 10.1 Å². The average molecular weight is 455 g/mol. The van der Waals surface area contributed by atoms with E-state index in [0.717, 1.165) is 23.1 Å². The van der Waals surface area contributed by atoms with Crippen molar-refractivity contribution in [3.8, 4) is 11.4 Å². The maximum absolute atomic E-state index is 12.4. The van der Waals surface area contributed by atoms with E-state index in [1.165, 1.54) is 43.2 Å². The third-order valence-corrected chi connectivity index (χ3v) is 6.57. The number of aryl methyl sites for hydroxylation is 1. The minimum absolute atomic E-state index is 0.0444. The first kappa shape index (κ1) is 22.1. The second-order valence-electron chi connectivity index (χ2n) is 8.95. The minimum atomic E-state index is -0.210. The number of nitrogens with one attached hydrogen (secondary N) is 1. The van der Waals surface area contributed by atoms with Crippen LogP contribution in [0.2, 0.25) is 0 Å². The highest BCUT2D eigenvalue weighted by atomic mass is 16.5. The quantitative estimate of drug-likeness (QED) is 0.369. The predicted molar refractivity (Wildman–Crippen MR) is 135 cm³/mol. The van der Waals surface area contributed by atoms with E-state index in [9.17, 15) is 4.79 Å². The second kappa shape index (κ2) is 10.1. The Balaban J connectivity index is 1.18. The third-order valence-electron chi connectivity index (χ3n) is 6.57. The molecule has 0 atom stereocenters. The summed E-state index contributed by atoms with van der Waals surface area (Å²) in [5, 5.41) is 12.0. The molecular weight excluding hydrogens is 424 g/mol. The third kappa shape index (κ3) is 5.11. The topological polar surface area (TPSA) is 69.0 Å². The van der Waals surface area contributed by atoms with Crippen molar-refractivity contribution in [2.75, 3.05) is 11.9 Å². The van der Waals surface area contributed by atoms with Crippen LogP contribution in [0.25, 0.3) is 16.7 Å². The van der Waals surface area contributed by atoms with Gasteiger partial charge in [0, 0.05) is 5.69 Å². The first-order valence-electron chi connectivity index (χ1n) is 12.2. The van der Waals surface area contributed by atoms with Gasteiger partial charge in [-0.05, 0) is 78.8 Å². The van der Waals surface area contributed by atoms with E-state index in [1.807, 2.05) is 42.5 Å². The van der Waals surface area contributed by atoms with Gasteiger partial charge >= 0.3 is 0 Å². The summed E-state index contributed by atoms with van der Waals surface area (Å²) in [5.41, 5.74) is 5.71. The van der Waals surface area contributed by atoms with Gasteiger partial charge in [-0.1, -0.05) is 50.5 Å². The van der Waals surface area contributed by atoms with E-state index in [2.05, 4.69) is 46.7 Å². The van der Waals surface area contributed by atoms with Crippen molar-refractivity contribution in [3.05, 3.63) is 77.9 Å². The van der Waals surface area contributed by atoms with Crippen LogP contribution in [-0.4, -0.2) is 27.5 Å². The molecule has 1 saturated carbocycles. The number of carbonyl (C=O) groups is 1. The van der Waals surface area contributed by atoms with Crippen LogP contribution in [0.15, 0.2) is 66.7 Å². The Morgan fingerprint density at radius 3 is 2.41 bits per heavy atom. The number of benzene rings is 3. The highest BCUT2D eigenvalue weighted by molar-refractivity contribution is 5.93. The summed E-state index contributed by atoms with van der Waals surface area (Å²) in [6.07, 6.45) is 7.52. The van der Waals surface area contributed by atoms with Crippen molar-refractivity contribution in [1.82, 2.24) is 15.0 Å². The van der Waals surface area contributed by atoms with Gasteiger partial charge in [0.15, 0.2) is 6.61 Å². The highest BCUT2D eigenvalue weighted by Gasteiger charge is 2.15. The molecular formula is C28H30N4O2. The molecule has 5 rings (SSSR count). The van der Waals surface area contributed by atoms with Crippen LogP contribution in [-0.2, 0) is 11.2 Å². The zero-order valence-electron chi connectivity index (χ0n) is 19.5. The van der Waals surface area contributed by atoms with E-state index in [-0.39, 0.29) is 12.5 Å². The van der Waals surface area contributed by atoms with Gasteiger partial charge in [0.05, 0.1) is 5.69 Å². The van der Waals surface area contributed by atoms with Crippen molar-refractivity contribution in [2.45, 2.75) is 51.4 Å². The van der Waals surface area contributed by atoms with Crippen molar-refractivity contribution in [2.24, 2.45) is 0 Å². The van der Waals surface area contributed by atoms with Gasteiger partial charge in [0.2, 0.25) is 0 Å². The molecule has 1 aliphatic rings. The molecule has 0 aliphatic heterocycles. The summed E-state index contributed by atoms with van der Waals surface area (Å²) in [4.78, 5) is 14.1. The number of amides is 1. The Morgan fingerprint density at radius 1 is 0.941 bits per heavy atom. The fourth-order valence-corrected chi connectivity index (χ4v) is 4.59. The number of nitrogens with zero attached hydrogens (tertiary/aromatic N) is 3. The lowest BCUT2D eigenvalue weighted by Crippen LogP contribution is -2.20. The van der Waals surface area contributed by atoms with E-state index >= 15 is 0 Å². The number of carbonyl (C=O) groups excluding carboxylic acids is 1. The minimum Gasteiger partial charge on any atom is -0.484 e. The Hall–Kier alpha value is -3.67. The molecule has 6 heteroatoms. The van der Waals surface area contributed by atoms with Crippen LogP contribution in [0.4, 0.5) is 5.69 Å². The highest BCUT2D eigenvalue weighted by Crippen LogP contribution is 2.33. The Morgan fingerprint density at radius 2 is 1.68 bits per heavy atom. The number of fused-ring (bicyclic) bond motifs is 1. The molecule has 1 N–H and O–H groups in total. The van der Waals surface area contributed by atoms with Gasteiger partial charge in [-0.25, -0.2) is 0 Å². The molecule has 1 aliphatic carbocycles. The zero-order chi connectivity index (χ0) is 23.3. The SMILES string of the molecule is CCc1ccc(-n2nc3ccc(NC(=O)COc4ccc(C5CCCCC5)cc4)cc3n2)cc1. The van der Waals surface area contributed by atoms with Gasteiger partial charge in [-0.3, -0.25) is 4.79 Å². The fraction of sp³-hybridized carbons (Fsp3) is 0.321. The number of aromatic nitrogens is 3. The number of rotatable bonds is 7. The van der Waals surface area contributed by atoms with Crippen LogP contribution in [0, 0.1) is 0 Å². The van der Waals surface area contributed by atoms with Gasteiger partial charge in [-0.2, -0.15) is 4.80 Å². The number of hydrogen-bond acceptors (Lipinski definition) is 4. The monoisotopic (exact) mass is 454 g/mol. The Labute approximate surface area is 199 Å². The molecule has 1 amide bonds. The Bertz CT molecular complexity index is 1260. The summed E-state index contributed by atoms with van der Waals surface area (Å²) >= 11 is 0. The van der Waals surface area contributed by atoms with Gasteiger partial charge in [-0.15, -0.1) is 10.2 Å². The maximum atomic E-state index is 12.4. The lowest BCUT2D eigenvalue weighted by Gasteiger charge is -2.22. The zero-order valence-corrected chi connectivity index (χ0v) is 19.5. The fourth-order valence-electron chi connectivity index (χ4n) is 4.59. The lowest BCUT2D eigenvalue weighted by atomic mass is 9.84. The molecule has 3 aromatic carbocycles. The van der Waals surface area contributed by atoms with Crippen LogP contribution < -0.4 is 10.1 Å². The van der Waals surface area contributed by atoms with E-state index < -0.39 is 0 Å². The smallest absolute Gasteiger partial charge is 0.262 e. The number of hydrogen-bond donors (Lipinski definition) is 1. The summed E-state index contributed by atoms with van der Waals surface area (Å²) in [6, 6.07) is 21.9. The average Bonchev–Trinajstić information content (AvgIpc) is 3.32. The summed E-state index contributed by atoms with van der Waals surface area (Å²) < 4.78 is 5.71. The van der Waals surface area contributed by atoms with Gasteiger partial charge in [0.25, 0.3) is 5.91 Å². The number of anilines is 1. The van der Waals surface area contributed by atoms with Crippen LogP contribution in [0.3, 0.4) is 0 Å². The molecule has 6 nitrogen and oxygen atoms in total. The molecule has 1 aromatic heterocycles. The molecule has 0 unspecified atom stereocenters. The lowest BCUT2D eigenvalue weighted by molar-refractivity contribution is -0.118. The molecule has 0 saturated heterocycles. The summed E-state index contributed by atoms with van der Waals surface area (Å²) in [5.74, 6) is 1.16. The van der Waals surface area contributed by atoms with Crippen LogP contribution in [0.5, 0.6) is 5.75 Å². The molecule has 4 aromatic rings. The van der Waals surface area contributed by atoms with Crippen molar-refractivity contribution >= 4 is 22.6 Å². The Kier molecular flexibility index (Phi) is 6.56. The standard InChI is InChI=1S/C28H30N4O2/c1-2-20-8-13-24(14-9-20)32-30-26-17-12-23(18-27(26)31-32)29-28(33)19-34-25-15-10-22(11-16-25)21-6-4-3-5-7-21/h8-18,21H,2-7,19H2,1H3,(H,29,33). The maximum Gasteiger partial charge on any atom is 0.262 e. The van der Waals surface area contributed by atoms with Crippen LogP contribution >= 0.6 is 0 Å². The van der Waals surface area contributed by atoms with Gasteiger partial charge in [0.1, 0.15) is 16.8 Å². The second-order valence-corrected chi connectivity index (χ2v) is 8.95. The molecule has 1 fully saturated rings. The largest absolute Gasteiger partial charge is 0.484 e. The first-order valence-corrected chi connectivity index (χ1v) is 12.2. The molecule has 0 spiro atoms. The molecule has 34 heavy (non-hydrogen) atoms. The number of ether oxygens (including phenoxy) is 1. The first-order chi connectivity index (χ1) is 16.7. The van der Waals surface area contributed by atoms with Crippen molar-refractivity contribution < 1.29 is 9.53 Å². The van der Waals surface area contributed by atoms with Crippen molar-refractivity contribution in [1.29, 1.82) is 0 Å². The summed E-state index contributed by atoms with van der Waals surface area (Å²) in [7, 11) is 0. The normalized spacial score (nSPS) is 14.3. The van der Waals surface area contributed by atoms with Crippen molar-refractivity contribution in [3.63, 3.8) is 0 Å². The molecule has 0 radical (unpaired) electrons. The molecule has 0 bridgehead atoms. The summed E-state index contributed by atoms with van der Waals surface area (Å²) in [6.45, 7) is 2.08. The van der Waals surface area contributed by atoms with Crippen LogP contribution in [0.1, 0.15) is 56.1 Å². The van der Waals surface area contributed by atoms with E-state index in [1.54, 1.807) is 4.80 Å². The molecule has 174 valence electrons. The predicted octanol–water partition coefficient (Wildman–Crippen LogP) is 6.05. The van der Waals surface area contributed by atoms with E-state index in [4.69, 9.17) is 4.74 Å². The molecule has 1 heterocycles.